The van der Waals surface area contributed by atoms with Crippen molar-refractivity contribution in [3.63, 3.8) is 0 Å². The van der Waals surface area contributed by atoms with Crippen LogP contribution in [-0.4, -0.2) is 12.1 Å². The molecule has 0 aliphatic heterocycles. The molecule has 0 aliphatic carbocycles. The second-order valence-electron chi connectivity index (χ2n) is 1.97. The number of nitrogens with one attached hydrogen (secondary N) is 2. The van der Waals surface area contributed by atoms with E-state index in [4.69, 9.17) is 16.6 Å². The Kier molecular flexibility index (Phi) is 2.64. The second kappa shape index (κ2) is 3.02. The van der Waals surface area contributed by atoms with E-state index in [1.54, 1.807) is 0 Å². The molecule has 0 saturated heterocycles. The van der Waals surface area contributed by atoms with Gasteiger partial charge in [-0.3, -0.25) is 5.41 Å². The molecule has 0 aromatic carbocycles. The molecule has 0 aliphatic rings. The Labute approximate surface area is 54.6 Å². The first-order valence-corrected chi connectivity index (χ1v) is 2.62. The van der Waals surface area contributed by atoms with E-state index >= 15 is 0 Å². The Hall–Kier alpha value is -1.12. The molecule has 3 nitrogen and oxygen atoms in total. The molecule has 0 spiro atoms. The third-order valence-electron chi connectivity index (χ3n) is 0.973. The number of amidine groups is 1. The summed E-state index contributed by atoms with van der Waals surface area (Å²) in [5.74, 6) is -0.0370. The first-order valence-electron chi connectivity index (χ1n) is 2.62. The average molecular weight is 125 g/mol. The summed E-state index contributed by atoms with van der Waals surface area (Å²) >= 11 is 0. The Morgan fingerprint density at radius 2 is 1.89 bits per heavy atom. The number of rotatable bonds is 2. The van der Waals surface area contributed by atoms with Crippen molar-refractivity contribution in [1.82, 2.24) is 0 Å². The van der Waals surface area contributed by atoms with Gasteiger partial charge in [0, 0.05) is 11.8 Å². The predicted octanol–water partition coefficient (Wildman–Crippen LogP) is 0.908. The summed E-state index contributed by atoms with van der Waals surface area (Å²) in [4.78, 5) is 0. The zero-order valence-electron chi connectivity index (χ0n) is 5.65. The summed E-state index contributed by atoms with van der Waals surface area (Å²) in [6.45, 7) is 3.64. The van der Waals surface area contributed by atoms with E-state index in [1.165, 1.54) is 0 Å². The fourth-order valence-corrected chi connectivity index (χ4v) is 0.491. The lowest BCUT2D eigenvalue weighted by Gasteiger charge is -1.97. The molecule has 4 N–H and O–H groups in total. The molecule has 0 fully saturated rings. The summed E-state index contributed by atoms with van der Waals surface area (Å²) in [5.41, 5.74) is 6.53. The van der Waals surface area contributed by atoms with Gasteiger partial charge in [-0.15, -0.1) is 0 Å². The summed E-state index contributed by atoms with van der Waals surface area (Å²) < 4.78 is 0. The average Bonchev–Trinajstić information content (AvgIpc) is 1.64. The maximum absolute atomic E-state index is 6.95. The van der Waals surface area contributed by atoms with Crippen LogP contribution in [0.1, 0.15) is 13.8 Å². The van der Waals surface area contributed by atoms with Gasteiger partial charge >= 0.3 is 0 Å². The minimum atomic E-state index is -0.0370. The van der Waals surface area contributed by atoms with E-state index in [2.05, 4.69) is 0 Å². The van der Waals surface area contributed by atoms with Gasteiger partial charge in [-0.05, 0) is 13.8 Å². The van der Waals surface area contributed by atoms with E-state index in [0.717, 1.165) is 11.8 Å². The lowest BCUT2D eigenvalue weighted by Crippen LogP contribution is -2.14. The van der Waals surface area contributed by atoms with E-state index in [-0.39, 0.29) is 5.84 Å². The largest absolute Gasteiger partial charge is 0.384 e. The van der Waals surface area contributed by atoms with Crippen molar-refractivity contribution in [2.24, 2.45) is 5.73 Å². The van der Waals surface area contributed by atoms with Gasteiger partial charge in [0.1, 0.15) is 5.84 Å². The van der Waals surface area contributed by atoms with E-state index in [0.29, 0.717) is 5.57 Å². The molecule has 3 heteroatoms. The molecule has 9 heavy (non-hydrogen) atoms. The van der Waals surface area contributed by atoms with Crippen LogP contribution in [-0.2, 0) is 0 Å². The molecule has 0 saturated carbocycles. The van der Waals surface area contributed by atoms with Crippen LogP contribution in [0.5, 0.6) is 0 Å². The van der Waals surface area contributed by atoms with Gasteiger partial charge in [0.25, 0.3) is 0 Å². The molecule has 0 unspecified atom stereocenters. The molecular formula is C6H11N3. The van der Waals surface area contributed by atoms with Crippen LogP contribution < -0.4 is 5.73 Å². The Morgan fingerprint density at radius 1 is 1.44 bits per heavy atom. The number of nitrogens with two attached hydrogens (primary N) is 1. The maximum Gasteiger partial charge on any atom is 0.124 e. The van der Waals surface area contributed by atoms with Crippen molar-refractivity contribution in [3.8, 4) is 0 Å². The zero-order chi connectivity index (χ0) is 7.44. The standard InChI is InChI=1S/C6H11N3/c1-4(2)5(3-7)6(8)9/h3,7H,1-2H3,(H3,8,9). The van der Waals surface area contributed by atoms with Crippen molar-refractivity contribution in [1.29, 1.82) is 10.8 Å². The fraction of sp³-hybridized carbons (Fsp3) is 0.333. The predicted molar refractivity (Wildman–Crippen MR) is 39.1 cm³/mol. The Balaban J connectivity index is 4.55. The third-order valence-corrected chi connectivity index (χ3v) is 0.973. The van der Waals surface area contributed by atoms with Crippen LogP contribution in [0.4, 0.5) is 0 Å². The van der Waals surface area contributed by atoms with E-state index in [9.17, 15) is 0 Å². The van der Waals surface area contributed by atoms with Gasteiger partial charge in [0.15, 0.2) is 0 Å². The molecule has 50 valence electrons. The number of hydrogen-bond acceptors (Lipinski definition) is 2. The quantitative estimate of drug-likeness (QED) is 0.372. The number of hydrogen-bond donors (Lipinski definition) is 3. The highest BCUT2D eigenvalue weighted by Crippen LogP contribution is 1.97. The summed E-state index contributed by atoms with van der Waals surface area (Å²) in [6, 6.07) is 0. The summed E-state index contributed by atoms with van der Waals surface area (Å²) in [7, 11) is 0. The molecular weight excluding hydrogens is 114 g/mol. The number of allylic oxidation sites excluding steroid dienone is 1. The van der Waals surface area contributed by atoms with Crippen molar-refractivity contribution in [2.45, 2.75) is 13.8 Å². The highest BCUT2D eigenvalue weighted by Gasteiger charge is 1.96. The van der Waals surface area contributed by atoms with Gasteiger partial charge in [-0.1, -0.05) is 5.57 Å². The molecule has 0 heterocycles. The van der Waals surface area contributed by atoms with Crippen molar-refractivity contribution >= 4 is 12.1 Å². The monoisotopic (exact) mass is 125 g/mol. The molecule has 0 aromatic rings. The summed E-state index contributed by atoms with van der Waals surface area (Å²) in [6.07, 6.45) is 1.09. The van der Waals surface area contributed by atoms with E-state index < -0.39 is 0 Å². The van der Waals surface area contributed by atoms with E-state index in [1.807, 2.05) is 13.8 Å². The van der Waals surface area contributed by atoms with Crippen LogP contribution in [0.2, 0.25) is 0 Å². The highest BCUT2D eigenvalue weighted by atomic mass is 14.7. The molecule has 0 radical (unpaired) electrons. The lowest BCUT2D eigenvalue weighted by molar-refractivity contribution is 1.34. The molecule has 0 amide bonds. The first-order chi connectivity index (χ1) is 4.09. The van der Waals surface area contributed by atoms with Gasteiger partial charge in [-0.2, -0.15) is 0 Å². The van der Waals surface area contributed by atoms with Crippen LogP contribution in [0.3, 0.4) is 0 Å². The normalized spacial score (nSPS) is 8.22. The Morgan fingerprint density at radius 3 is 1.89 bits per heavy atom. The molecule has 0 aromatic heterocycles. The molecule has 0 atom stereocenters. The zero-order valence-corrected chi connectivity index (χ0v) is 5.65. The van der Waals surface area contributed by atoms with Crippen LogP contribution in [0.25, 0.3) is 0 Å². The smallest absolute Gasteiger partial charge is 0.124 e. The van der Waals surface area contributed by atoms with Crippen LogP contribution >= 0.6 is 0 Å². The molecule has 0 rings (SSSR count). The van der Waals surface area contributed by atoms with Crippen molar-refractivity contribution < 1.29 is 0 Å². The minimum Gasteiger partial charge on any atom is -0.384 e. The van der Waals surface area contributed by atoms with Gasteiger partial charge in [0.05, 0.1) is 0 Å². The fourth-order valence-electron chi connectivity index (χ4n) is 0.491. The summed E-state index contributed by atoms with van der Waals surface area (Å²) in [5, 5.41) is 13.8. The Bertz CT molecular complexity index is 163. The van der Waals surface area contributed by atoms with Crippen LogP contribution in [0, 0.1) is 10.8 Å². The van der Waals surface area contributed by atoms with Gasteiger partial charge < -0.3 is 11.1 Å². The van der Waals surface area contributed by atoms with Crippen molar-refractivity contribution in [3.05, 3.63) is 11.1 Å². The van der Waals surface area contributed by atoms with Crippen molar-refractivity contribution in [2.75, 3.05) is 0 Å². The van der Waals surface area contributed by atoms with Crippen LogP contribution in [0.15, 0.2) is 11.1 Å². The maximum atomic E-state index is 6.95. The lowest BCUT2D eigenvalue weighted by atomic mass is 10.1. The second-order valence-corrected chi connectivity index (χ2v) is 1.97. The van der Waals surface area contributed by atoms with Gasteiger partial charge in [-0.25, -0.2) is 0 Å². The first kappa shape index (κ1) is 7.88. The minimum absolute atomic E-state index is 0.0370. The topological polar surface area (TPSA) is 73.7 Å². The molecule has 0 bridgehead atoms. The third kappa shape index (κ3) is 2.08. The van der Waals surface area contributed by atoms with Gasteiger partial charge in [0.2, 0.25) is 0 Å². The highest BCUT2D eigenvalue weighted by molar-refractivity contribution is 6.12. The SMILES string of the molecule is CC(C)=C(C=N)C(=N)N.